The maximum Gasteiger partial charge on any atom is 0.183 e. The van der Waals surface area contributed by atoms with Crippen LogP contribution in [0, 0.1) is 34.8 Å². The second-order valence-corrected chi connectivity index (χ2v) is 5.27. The number of rotatable bonds is 4. The maximum absolute atomic E-state index is 13.7. The lowest BCUT2D eigenvalue weighted by molar-refractivity contribution is 0.141. The van der Waals surface area contributed by atoms with Gasteiger partial charge in [0.15, 0.2) is 11.6 Å². The van der Waals surface area contributed by atoms with Crippen molar-refractivity contribution in [3.63, 3.8) is 0 Å². The van der Waals surface area contributed by atoms with Gasteiger partial charge in [-0.3, -0.25) is 0 Å². The monoisotopic (exact) mass is 280 g/mol. The van der Waals surface area contributed by atoms with Crippen LogP contribution in [-0.2, 0) is 0 Å². The van der Waals surface area contributed by atoms with Gasteiger partial charge in [-0.2, -0.15) is 5.26 Å². The maximum atomic E-state index is 13.7. The zero-order valence-electron chi connectivity index (χ0n) is 11.2. The van der Waals surface area contributed by atoms with Gasteiger partial charge in [-0.1, -0.05) is 12.8 Å². The summed E-state index contributed by atoms with van der Waals surface area (Å²) in [5.41, 5.74) is -0.220. The molecule has 108 valence electrons. The second-order valence-electron chi connectivity index (χ2n) is 5.27. The van der Waals surface area contributed by atoms with E-state index in [0.717, 1.165) is 25.7 Å². The molecule has 3 nitrogen and oxygen atoms in total. The standard InChI is InChI=1S/C15H18F2N2O/c16-14-10(7-18)5-6-13(15(14)17)19-8-11-3-1-2-4-12(11)9-20/h5-6,11-12,19-20H,1-4,8-9H2. The fraction of sp³-hybridized carbons (Fsp3) is 0.533. The Morgan fingerprint density at radius 3 is 2.55 bits per heavy atom. The Morgan fingerprint density at radius 1 is 1.20 bits per heavy atom. The van der Waals surface area contributed by atoms with Gasteiger partial charge in [-0.05, 0) is 36.8 Å². The van der Waals surface area contributed by atoms with Gasteiger partial charge in [0.2, 0.25) is 0 Å². The van der Waals surface area contributed by atoms with Gasteiger partial charge in [0.1, 0.15) is 6.07 Å². The van der Waals surface area contributed by atoms with Gasteiger partial charge in [-0.25, -0.2) is 8.78 Å². The van der Waals surface area contributed by atoms with Crippen molar-refractivity contribution in [3.8, 4) is 6.07 Å². The average Bonchev–Trinajstić information content (AvgIpc) is 2.49. The van der Waals surface area contributed by atoms with E-state index in [1.54, 1.807) is 6.07 Å². The molecule has 2 unspecified atom stereocenters. The summed E-state index contributed by atoms with van der Waals surface area (Å²) in [6.07, 6.45) is 4.18. The van der Waals surface area contributed by atoms with Gasteiger partial charge in [0.05, 0.1) is 11.3 Å². The lowest BCUT2D eigenvalue weighted by Crippen LogP contribution is -2.28. The first-order valence-corrected chi connectivity index (χ1v) is 6.90. The first-order chi connectivity index (χ1) is 9.67. The smallest absolute Gasteiger partial charge is 0.183 e. The molecule has 2 N–H and O–H groups in total. The quantitative estimate of drug-likeness (QED) is 0.891. The zero-order valence-corrected chi connectivity index (χ0v) is 11.2. The van der Waals surface area contributed by atoms with Crippen molar-refractivity contribution in [2.45, 2.75) is 25.7 Å². The van der Waals surface area contributed by atoms with Gasteiger partial charge >= 0.3 is 0 Å². The Labute approximate surface area is 117 Å². The highest BCUT2D eigenvalue weighted by atomic mass is 19.2. The number of nitrogens with one attached hydrogen (secondary N) is 1. The molecule has 1 aliphatic carbocycles. The van der Waals surface area contributed by atoms with Crippen LogP contribution in [0.3, 0.4) is 0 Å². The summed E-state index contributed by atoms with van der Waals surface area (Å²) < 4.78 is 27.2. The summed E-state index contributed by atoms with van der Waals surface area (Å²) in [7, 11) is 0. The number of halogens is 2. The highest BCUT2D eigenvalue weighted by molar-refractivity contribution is 5.49. The van der Waals surface area contributed by atoms with Gasteiger partial charge < -0.3 is 10.4 Å². The minimum atomic E-state index is -1.11. The first kappa shape index (κ1) is 14.7. The van der Waals surface area contributed by atoms with Crippen LogP contribution in [0.1, 0.15) is 31.2 Å². The minimum Gasteiger partial charge on any atom is -0.396 e. The number of hydrogen-bond acceptors (Lipinski definition) is 3. The number of nitrogens with zero attached hydrogens (tertiary/aromatic N) is 1. The van der Waals surface area contributed by atoms with Crippen molar-refractivity contribution < 1.29 is 13.9 Å². The second kappa shape index (κ2) is 6.67. The van der Waals surface area contributed by atoms with Crippen molar-refractivity contribution in [2.24, 2.45) is 11.8 Å². The molecule has 0 aromatic heterocycles. The summed E-state index contributed by atoms with van der Waals surface area (Å²) >= 11 is 0. The Morgan fingerprint density at radius 2 is 1.90 bits per heavy atom. The summed E-state index contributed by atoms with van der Waals surface area (Å²) in [5.74, 6) is -1.63. The normalized spacial score (nSPS) is 22.3. The molecule has 1 aromatic carbocycles. The third-order valence-electron chi connectivity index (χ3n) is 4.06. The predicted octanol–water partition coefficient (Wildman–Crippen LogP) is 3.05. The van der Waals surface area contributed by atoms with E-state index < -0.39 is 11.6 Å². The first-order valence-electron chi connectivity index (χ1n) is 6.90. The van der Waals surface area contributed by atoms with Crippen LogP contribution in [0.25, 0.3) is 0 Å². The largest absolute Gasteiger partial charge is 0.396 e. The molecule has 0 amide bonds. The molecule has 0 aliphatic heterocycles. The number of nitriles is 1. The van der Waals surface area contributed by atoms with Gasteiger partial charge in [0, 0.05) is 13.2 Å². The molecule has 1 aliphatic rings. The molecule has 20 heavy (non-hydrogen) atoms. The van der Waals surface area contributed by atoms with Crippen molar-refractivity contribution in [1.82, 2.24) is 0 Å². The summed E-state index contributed by atoms with van der Waals surface area (Å²) in [5, 5.41) is 20.9. The molecule has 5 heteroatoms. The molecule has 2 rings (SSSR count). The molecule has 2 atom stereocenters. The molecule has 0 saturated heterocycles. The van der Waals surface area contributed by atoms with E-state index in [0.29, 0.717) is 6.54 Å². The summed E-state index contributed by atoms with van der Waals surface area (Å²) in [4.78, 5) is 0. The van der Waals surface area contributed by atoms with E-state index in [4.69, 9.17) is 5.26 Å². The molecule has 1 saturated carbocycles. The number of anilines is 1. The Bertz CT molecular complexity index is 513. The molecule has 0 radical (unpaired) electrons. The van der Waals surface area contributed by atoms with E-state index in [-0.39, 0.29) is 29.7 Å². The van der Waals surface area contributed by atoms with Crippen molar-refractivity contribution in [2.75, 3.05) is 18.5 Å². The van der Waals surface area contributed by atoms with E-state index in [1.165, 1.54) is 12.1 Å². The zero-order chi connectivity index (χ0) is 14.5. The topological polar surface area (TPSA) is 56.0 Å². The molecule has 0 heterocycles. The fourth-order valence-electron chi connectivity index (χ4n) is 2.81. The van der Waals surface area contributed by atoms with E-state index in [9.17, 15) is 13.9 Å². The van der Waals surface area contributed by atoms with Crippen LogP contribution in [0.2, 0.25) is 0 Å². The molecule has 0 spiro atoms. The number of aliphatic hydroxyl groups is 1. The van der Waals surface area contributed by atoms with Gasteiger partial charge in [-0.15, -0.1) is 0 Å². The Hall–Kier alpha value is -1.67. The number of hydrogen-bond donors (Lipinski definition) is 2. The summed E-state index contributed by atoms with van der Waals surface area (Å²) in [6.45, 7) is 0.643. The van der Waals surface area contributed by atoms with E-state index >= 15 is 0 Å². The van der Waals surface area contributed by atoms with Crippen LogP contribution in [0.4, 0.5) is 14.5 Å². The fourth-order valence-corrected chi connectivity index (χ4v) is 2.81. The third-order valence-corrected chi connectivity index (χ3v) is 4.06. The van der Waals surface area contributed by atoms with Crippen molar-refractivity contribution in [3.05, 3.63) is 29.3 Å². The van der Waals surface area contributed by atoms with Crippen molar-refractivity contribution in [1.29, 1.82) is 5.26 Å². The van der Waals surface area contributed by atoms with Crippen LogP contribution in [0.5, 0.6) is 0 Å². The SMILES string of the molecule is N#Cc1ccc(NCC2CCCCC2CO)c(F)c1F. The van der Waals surface area contributed by atoms with Gasteiger partial charge in [0.25, 0.3) is 0 Å². The molecular weight excluding hydrogens is 262 g/mol. The molecule has 0 bridgehead atoms. The van der Waals surface area contributed by atoms with E-state index in [1.807, 2.05) is 0 Å². The van der Waals surface area contributed by atoms with E-state index in [2.05, 4.69) is 5.32 Å². The average molecular weight is 280 g/mol. The lowest BCUT2D eigenvalue weighted by atomic mass is 9.79. The Balaban J connectivity index is 2.04. The highest BCUT2D eigenvalue weighted by Gasteiger charge is 2.24. The van der Waals surface area contributed by atoms with Crippen molar-refractivity contribution >= 4 is 5.69 Å². The molecule has 1 aromatic rings. The van der Waals surface area contributed by atoms with Crippen LogP contribution < -0.4 is 5.32 Å². The van der Waals surface area contributed by atoms with Crippen LogP contribution >= 0.6 is 0 Å². The predicted molar refractivity (Wildman–Crippen MR) is 72.1 cm³/mol. The van der Waals surface area contributed by atoms with Crippen LogP contribution in [0.15, 0.2) is 12.1 Å². The highest BCUT2D eigenvalue weighted by Crippen LogP contribution is 2.30. The summed E-state index contributed by atoms with van der Waals surface area (Å²) in [6, 6.07) is 4.26. The van der Waals surface area contributed by atoms with Crippen LogP contribution in [-0.4, -0.2) is 18.3 Å². The minimum absolute atomic E-state index is 0.0729. The third kappa shape index (κ3) is 3.07. The Kier molecular flexibility index (Phi) is 4.91. The number of aliphatic hydroxyl groups excluding tert-OH is 1. The molecule has 1 fully saturated rings. The number of benzene rings is 1. The molecular formula is C15H18F2N2O. The lowest BCUT2D eigenvalue weighted by Gasteiger charge is -2.30.